The normalized spacial score (nSPS) is 11.9. The largest absolute Gasteiger partial charge is 0.497 e. The van der Waals surface area contributed by atoms with Gasteiger partial charge in [0.25, 0.3) is 0 Å². The Morgan fingerprint density at radius 1 is 1.05 bits per heavy atom. The average Bonchev–Trinajstić information content (AvgIpc) is 3.63. The smallest absolute Gasteiger partial charge is 0.244 e. The molecule has 0 aliphatic rings. The summed E-state index contributed by atoms with van der Waals surface area (Å²) in [6, 6.07) is 13.0. The number of aromatic nitrogens is 2. The second kappa shape index (κ2) is 10.9. The molecule has 0 fully saturated rings. The van der Waals surface area contributed by atoms with Crippen LogP contribution in [0.5, 0.6) is 11.5 Å². The number of rotatable bonds is 10. The van der Waals surface area contributed by atoms with Gasteiger partial charge in [-0.15, -0.1) is 11.3 Å². The summed E-state index contributed by atoms with van der Waals surface area (Å²) < 4.78 is 48.0. The summed E-state index contributed by atoms with van der Waals surface area (Å²) in [7, 11) is -0.547. The van der Waals surface area contributed by atoms with Gasteiger partial charge in [0, 0.05) is 35.8 Å². The van der Waals surface area contributed by atoms with Gasteiger partial charge in [0.1, 0.15) is 17.3 Å². The highest BCUT2D eigenvalue weighted by molar-refractivity contribution is 7.89. The topological polar surface area (TPSA) is 86.3 Å². The predicted molar refractivity (Wildman–Crippen MR) is 152 cm³/mol. The standard InChI is InChI=1S/C29H31N3O5S2/c1-19-13-20(2)28(21(3)14-19)39(33,34)31(16-24-7-6-12-37-24)11-10-22-18-38-29-30-26(17-32(22)29)25-15-23(35-4)8-9-27(25)36-5/h6-9,12-15,17-18H,10-11,16H2,1-5H3. The van der Waals surface area contributed by atoms with E-state index in [0.717, 1.165) is 38.6 Å². The first-order chi connectivity index (χ1) is 18.7. The molecule has 0 radical (unpaired) electrons. The van der Waals surface area contributed by atoms with E-state index < -0.39 is 10.0 Å². The van der Waals surface area contributed by atoms with E-state index in [1.54, 1.807) is 32.6 Å². The summed E-state index contributed by atoms with van der Waals surface area (Å²) in [4.78, 5) is 5.97. The van der Waals surface area contributed by atoms with Crippen LogP contribution in [0.1, 0.15) is 28.1 Å². The molecule has 10 heteroatoms. The summed E-state index contributed by atoms with van der Waals surface area (Å²) >= 11 is 1.51. The lowest BCUT2D eigenvalue weighted by Gasteiger charge is -2.23. The van der Waals surface area contributed by atoms with Crippen molar-refractivity contribution in [2.45, 2.75) is 38.6 Å². The lowest BCUT2D eigenvalue weighted by Crippen LogP contribution is -2.33. The van der Waals surface area contributed by atoms with Crippen molar-refractivity contribution >= 4 is 26.3 Å². The molecule has 0 bridgehead atoms. The number of thiazole rings is 1. The quantitative estimate of drug-likeness (QED) is 0.206. The van der Waals surface area contributed by atoms with Gasteiger partial charge in [-0.2, -0.15) is 4.31 Å². The van der Waals surface area contributed by atoms with E-state index in [4.69, 9.17) is 18.9 Å². The maximum atomic E-state index is 14.0. The molecule has 5 rings (SSSR count). The molecule has 0 amide bonds. The number of ether oxygens (including phenoxy) is 2. The number of imidazole rings is 1. The number of nitrogens with zero attached hydrogens (tertiary/aromatic N) is 3. The molecule has 0 N–H and O–H groups in total. The van der Waals surface area contributed by atoms with Gasteiger partial charge in [0.05, 0.1) is 37.6 Å². The third-order valence-electron chi connectivity index (χ3n) is 6.70. The number of aryl methyl sites for hydroxylation is 3. The van der Waals surface area contributed by atoms with Gasteiger partial charge in [-0.25, -0.2) is 13.4 Å². The number of hydrogen-bond donors (Lipinski definition) is 0. The molecule has 0 spiro atoms. The highest BCUT2D eigenvalue weighted by atomic mass is 32.2. The molecule has 0 unspecified atom stereocenters. The zero-order valence-electron chi connectivity index (χ0n) is 22.6. The number of sulfonamides is 1. The molecule has 0 saturated heterocycles. The van der Waals surface area contributed by atoms with Crippen LogP contribution < -0.4 is 9.47 Å². The molecule has 3 heterocycles. The zero-order chi connectivity index (χ0) is 27.7. The van der Waals surface area contributed by atoms with Crippen LogP contribution in [-0.4, -0.2) is 42.9 Å². The molecule has 8 nitrogen and oxygen atoms in total. The highest BCUT2D eigenvalue weighted by Gasteiger charge is 2.29. The predicted octanol–water partition coefficient (Wildman–Crippen LogP) is 6.03. The Balaban J connectivity index is 1.47. The molecule has 204 valence electrons. The summed E-state index contributed by atoms with van der Waals surface area (Å²) in [5, 5.41) is 2.02. The molecule has 0 aliphatic heterocycles. The van der Waals surface area contributed by atoms with Gasteiger partial charge in [0.15, 0.2) is 4.96 Å². The molecule has 3 aromatic heterocycles. The Labute approximate surface area is 232 Å². The van der Waals surface area contributed by atoms with Crippen LogP contribution >= 0.6 is 11.3 Å². The molecule has 39 heavy (non-hydrogen) atoms. The number of fused-ring (bicyclic) bond motifs is 1. The monoisotopic (exact) mass is 565 g/mol. The fourth-order valence-corrected chi connectivity index (χ4v) is 7.68. The fraction of sp³-hybridized carbons (Fsp3) is 0.276. The van der Waals surface area contributed by atoms with Crippen molar-refractivity contribution in [3.63, 3.8) is 0 Å². The summed E-state index contributed by atoms with van der Waals surface area (Å²) in [6.07, 6.45) is 4.01. The lowest BCUT2D eigenvalue weighted by atomic mass is 10.1. The summed E-state index contributed by atoms with van der Waals surface area (Å²) in [6.45, 7) is 6.09. The Morgan fingerprint density at radius 3 is 2.49 bits per heavy atom. The molecular weight excluding hydrogens is 534 g/mol. The van der Waals surface area contributed by atoms with Crippen LogP contribution in [0.2, 0.25) is 0 Å². The SMILES string of the molecule is COc1ccc(OC)c(-c2cn3c(CCN(Cc4ccco4)S(=O)(=O)c4c(C)cc(C)cc4C)csc3n2)c1. The van der Waals surface area contributed by atoms with Gasteiger partial charge in [0.2, 0.25) is 10.0 Å². The van der Waals surface area contributed by atoms with E-state index >= 15 is 0 Å². The Kier molecular flexibility index (Phi) is 7.53. The maximum Gasteiger partial charge on any atom is 0.244 e. The van der Waals surface area contributed by atoms with Crippen molar-refractivity contribution in [3.05, 3.63) is 88.4 Å². The second-order valence-corrected chi connectivity index (χ2v) is 12.2. The third kappa shape index (κ3) is 5.32. The van der Waals surface area contributed by atoms with Gasteiger partial charge >= 0.3 is 0 Å². The minimum Gasteiger partial charge on any atom is -0.497 e. The van der Waals surface area contributed by atoms with Crippen LogP contribution in [0.4, 0.5) is 0 Å². The molecule has 0 aliphatic carbocycles. The van der Waals surface area contributed by atoms with Crippen molar-refractivity contribution in [1.29, 1.82) is 0 Å². The maximum absolute atomic E-state index is 14.0. The van der Waals surface area contributed by atoms with Gasteiger partial charge in [-0.1, -0.05) is 17.7 Å². The van der Waals surface area contributed by atoms with Gasteiger partial charge in [-0.3, -0.25) is 4.40 Å². The van der Waals surface area contributed by atoms with Crippen LogP contribution in [0, 0.1) is 20.8 Å². The zero-order valence-corrected chi connectivity index (χ0v) is 24.2. The van der Waals surface area contributed by atoms with Crippen LogP contribution in [0.15, 0.2) is 69.6 Å². The van der Waals surface area contributed by atoms with E-state index in [0.29, 0.717) is 28.6 Å². The van der Waals surface area contributed by atoms with Crippen molar-refractivity contribution in [1.82, 2.24) is 13.7 Å². The molecule has 0 saturated carbocycles. The first-order valence-electron chi connectivity index (χ1n) is 12.5. The summed E-state index contributed by atoms with van der Waals surface area (Å²) in [5.74, 6) is 2.00. The number of methoxy groups -OCH3 is 2. The van der Waals surface area contributed by atoms with E-state index in [-0.39, 0.29) is 13.1 Å². The molecule has 2 aromatic carbocycles. The van der Waals surface area contributed by atoms with Crippen LogP contribution in [0.25, 0.3) is 16.2 Å². The first-order valence-corrected chi connectivity index (χ1v) is 14.8. The first kappa shape index (κ1) is 27.0. The average molecular weight is 566 g/mol. The van der Waals surface area contributed by atoms with Gasteiger partial charge < -0.3 is 13.9 Å². The van der Waals surface area contributed by atoms with Crippen molar-refractivity contribution < 1.29 is 22.3 Å². The number of furan rings is 1. The van der Waals surface area contributed by atoms with E-state index in [9.17, 15) is 8.42 Å². The Hall–Kier alpha value is -3.60. The second-order valence-electron chi connectivity index (χ2n) is 9.47. The van der Waals surface area contributed by atoms with Crippen LogP contribution in [0.3, 0.4) is 0 Å². The van der Waals surface area contributed by atoms with Crippen molar-refractivity contribution in [2.75, 3.05) is 20.8 Å². The molecular formula is C29H31N3O5S2. The van der Waals surface area contributed by atoms with Crippen molar-refractivity contribution in [2.24, 2.45) is 0 Å². The number of benzene rings is 2. The third-order valence-corrected chi connectivity index (χ3v) is 9.74. The van der Waals surface area contributed by atoms with E-state index in [2.05, 4.69) is 0 Å². The Morgan fingerprint density at radius 2 is 1.82 bits per heavy atom. The molecule has 5 aromatic rings. The lowest BCUT2D eigenvalue weighted by molar-refractivity contribution is 0.364. The molecule has 0 atom stereocenters. The van der Waals surface area contributed by atoms with Crippen molar-refractivity contribution in [3.8, 4) is 22.8 Å². The number of hydrogen-bond acceptors (Lipinski definition) is 7. The van der Waals surface area contributed by atoms with Gasteiger partial charge in [-0.05, 0) is 62.2 Å². The van der Waals surface area contributed by atoms with E-state index in [1.165, 1.54) is 15.6 Å². The summed E-state index contributed by atoms with van der Waals surface area (Å²) in [5.41, 5.74) is 5.05. The highest BCUT2D eigenvalue weighted by Crippen LogP contribution is 2.34. The Bertz CT molecular complexity index is 1700. The van der Waals surface area contributed by atoms with E-state index in [1.807, 2.05) is 67.1 Å². The minimum absolute atomic E-state index is 0.144. The fourth-order valence-electron chi connectivity index (χ4n) is 4.96. The minimum atomic E-state index is -3.79. The van der Waals surface area contributed by atoms with Crippen LogP contribution in [-0.2, 0) is 23.0 Å².